The molecule has 0 aromatic carbocycles. The summed E-state index contributed by atoms with van der Waals surface area (Å²) in [6.07, 6.45) is 7.53. The third-order valence-electron chi connectivity index (χ3n) is 10.5. The van der Waals surface area contributed by atoms with Crippen LogP contribution in [0.5, 0.6) is 0 Å². The van der Waals surface area contributed by atoms with Gasteiger partial charge in [-0.2, -0.15) is 0 Å². The van der Waals surface area contributed by atoms with Crippen molar-refractivity contribution in [3.63, 3.8) is 0 Å². The number of carboxylic acid groups (broad SMARTS) is 1. The predicted molar refractivity (Wildman–Crippen MR) is 136 cm³/mol. The van der Waals surface area contributed by atoms with E-state index in [0.29, 0.717) is 11.8 Å². The van der Waals surface area contributed by atoms with Crippen LogP contribution in [0.4, 0.5) is 0 Å². The summed E-state index contributed by atoms with van der Waals surface area (Å²) in [5.74, 6) is -1.30. The lowest BCUT2D eigenvalue weighted by atomic mass is 9.37. The molecule has 0 bridgehead atoms. The Morgan fingerprint density at radius 1 is 0.944 bits per heavy atom. The van der Waals surface area contributed by atoms with Crippen molar-refractivity contribution in [1.29, 1.82) is 0 Å². The summed E-state index contributed by atoms with van der Waals surface area (Å²) in [7, 11) is 1.38. The summed E-state index contributed by atoms with van der Waals surface area (Å²) in [4.78, 5) is 34.9. The number of hydrogen-bond acceptors (Lipinski definition) is 6. The van der Waals surface area contributed by atoms with Gasteiger partial charge in [0.15, 0.2) is 0 Å². The van der Waals surface area contributed by atoms with Gasteiger partial charge < -0.3 is 19.7 Å². The van der Waals surface area contributed by atoms with E-state index in [9.17, 15) is 19.5 Å². The highest BCUT2D eigenvalue weighted by Gasteiger charge is 2.65. The highest BCUT2D eigenvalue weighted by molar-refractivity contribution is 5.90. The fourth-order valence-corrected chi connectivity index (χ4v) is 8.84. The zero-order valence-electron chi connectivity index (χ0n) is 23.2. The number of carboxylic acids is 1. The van der Waals surface area contributed by atoms with Crippen LogP contribution in [0.15, 0.2) is 11.6 Å². The molecule has 3 aliphatic carbocycles. The van der Waals surface area contributed by atoms with Crippen LogP contribution < -0.4 is 0 Å². The van der Waals surface area contributed by atoms with E-state index in [1.54, 1.807) is 6.08 Å². The van der Waals surface area contributed by atoms with Crippen molar-refractivity contribution >= 4 is 17.9 Å². The van der Waals surface area contributed by atoms with Crippen LogP contribution in [0.1, 0.15) is 99.3 Å². The normalized spacial score (nSPS) is 39.9. The molecule has 3 aliphatic rings. The predicted octanol–water partition coefficient (Wildman–Crippen LogP) is 5.29. The molecule has 0 spiro atoms. The minimum atomic E-state index is -1.16. The highest BCUT2D eigenvalue weighted by atomic mass is 16.5. The number of methoxy groups -OCH3 is 1. The second-order valence-electron chi connectivity index (χ2n) is 13.1. The number of fused-ring (bicyclic) bond motifs is 3. The van der Waals surface area contributed by atoms with Crippen LogP contribution in [0.25, 0.3) is 0 Å². The summed E-state index contributed by atoms with van der Waals surface area (Å²) in [5, 5.41) is 20.5. The Balaban J connectivity index is 1.85. The fourth-order valence-electron chi connectivity index (χ4n) is 8.84. The largest absolute Gasteiger partial charge is 0.481 e. The number of rotatable bonds is 7. The lowest BCUT2D eigenvalue weighted by Crippen LogP contribution is -2.64. The van der Waals surface area contributed by atoms with Gasteiger partial charge in [0.2, 0.25) is 0 Å². The number of hydrogen-bond donors (Lipinski definition) is 2. The Hall–Kier alpha value is -1.89. The van der Waals surface area contributed by atoms with Gasteiger partial charge in [-0.3, -0.25) is 9.59 Å². The topological polar surface area (TPSA) is 110 Å². The van der Waals surface area contributed by atoms with E-state index >= 15 is 0 Å². The van der Waals surface area contributed by atoms with Gasteiger partial charge in [-0.25, -0.2) is 4.79 Å². The van der Waals surface area contributed by atoms with Crippen molar-refractivity contribution in [3.05, 3.63) is 11.6 Å². The second kappa shape index (κ2) is 10.1. The third kappa shape index (κ3) is 5.23. The van der Waals surface area contributed by atoms with Gasteiger partial charge >= 0.3 is 17.9 Å². The lowest BCUT2D eigenvalue weighted by Gasteiger charge is -2.68. The molecule has 2 unspecified atom stereocenters. The molecule has 0 amide bonds. The molecule has 0 radical (unpaired) electrons. The maximum Gasteiger partial charge on any atom is 0.330 e. The van der Waals surface area contributed by atoms with Crippen molar-refractivity contribution in [2.75, 3.05) is 7.11 Å². The molecule has 0 heterocycles. The molecule has 7 heteroatoms. The number of allylic oxidation sites excluding steroid dienone is 1. The molecule has 36 heavy (non-hydrogen) atoms. The van der Waals surface area contributed by atoms with E-state index in [1.165, 1.54) is 7.11 Å². The smallest absolute Gasteiger partial charge is 0.330 e. The molecule has 2 N–H and O–H groups in total. The van der Waals surface area contributed by atoms with Gasteiger partial charge in [0, 0.05) is 11.5 Å². The van der Waals surface area contributed by atoms with E-state index in [4.69, 9.17) is 14.6 Å². The molecular formula is C29H46O7. The van der Waals surface area contributed by atoms with Crippen LogP contribution in [-0.4, -0.2) is 46.9 Å². The summed E-state index contributed by atoms with van der Waals surface area (Å²) >= 11 is 0. The van der Waals surface area contributed by atoms with Crippen molar-refractivity contribution in [3.8, 4) is 0 Å². The molecular weight excluding hydrogens is 460 g/mol. The van der Waals surface area contributed by atoms with Crippen molar-refractivity contribution in [1.82, 2.24) is 0 Å². The summed E-state index contributed by atoms with van der Waals surface area (Å²) in [5.41, 5.74) is -0.0658. The number of carbonyl (C=O) groups is 3. The molecule has 3 saturated carbocycles. The van der Waals surface area contributed by atoms with Gasteiger partial charge in [0.05, 0.1) is 12.7 Å². The van der Waals surface area contributed by atoms with E-state index < -0.39 is 24.0 Å². The molecule has 3 rings (SSSR count). The van der Waals surface area contributed by atoms with Crippen LogP contribution >= 0.6 is 0 Å². The second-order valence-corrected chi connectivity index (χ2v) is 13.1. The average Bonchev–Trinajstić information content (AvgIpc) is 2.73. The molecule has 0 aromatic rings. The molecule has 204 valence electrons. The maximum absolute atomic E-state index is 12.2. The molecule has 0 saturated heterocycles. The monoisotopic (exact) mass is 506 g/mol. The van der Waals surface area contributed by atoms with Gasteiger partial charge in [-0.1, -0.05) is 33.3 Å². The van der Waals surface area contributed by atoms with Crippen molar-refractivity contribution < 1.29 is 34.1 Å². The van der Waals surface area contributed by atoms with E-state index in [1.807, 2.05) is 13.8 Å². The summed E-state index contributed by atoms with van der Waals surface area (Å²) < 4.78 is 10.5. The molecule has 0 aliphatic heterocycles. The first kappa shape index (κ1) is 28.7. The van der Waals surface area contributed by atoms with Gasteiger partial charge in [-0.05, 0) is 93.8 Å². The Morgan fingerprint density at radius 3 is 2.17 bits per heavy atom. The zero-order valence-corrected chi connectivity index (χ0v) is 23.2. The third-order valence-corrected chi connectivity index (χ3v) is 10.5. The number of aliphatic carboxylic acids is 1. The van der Waals surface area contributed by atoms with E-state index in [0.717, 1.165) is 56.9 Å². The number of ether oxygens (including phenoxy) is 2. The van der Waals surface area contributed by atoms with Gasteiger partial charge in [0.25, 0.3) is 0 Å². The molecule has 0 aromatic heterocycles. The quantitative estimate of drug-likeness (QED) is 0.274. The standard InChI is InChI=1S/C29H46O7/c1-18(16-24(32)35-7)8-9-21-28(5)13-10-19-26(2,3)22(36-25(33)17-23(30)31)12-14-27(19,4)20(28)11-15-29(21,6)34/h16,19-22,34H,8-15,17H2,1-7H3,(H,30,31)/b18-16-/t19?,20?,21-,22+,27-,28+,29-/m0/s1. The summed E-state index contributed by atoms with van der Waals surface area (Å²) in [6.45, 7) is 13.0. The number of aliphatic hydroxyl groups is 1. The minimum absolute atomic E-state index is 0.0395. The highest BCUT2D eigenvalue weighted by Crippen LogP contribution is 2.70. The first-order valence-electron chi connectivity index (χ1n) is 13.5. The Bertz CT molecular complexity index is 903. The van der Waals surface area contributed by atoms with Crippen LogP contribution in [0, 0.1) is 34.0 Å². The Labute approximate surface area is 216 Å². The van der Waals surface area contributed by atoms with E-state index in [2.05, 4.69) is 27.7 Å². The first-order chi connectivity index (χ1) is 16.6. The van der Waals surface area contributed by atoms with Crippen molar-refractivity contribution in [2.45, 2.75) is 111 Å². The van der Waals surface area contributed by atoms with Crippen molar-refractivity contribution in [2.24, 2.45) is 34.0 Å². The molecule has 7 nitrogen and oxygen atoms in total. The first-order valence-corrected chi connectivity index (χ1v) is 13.5. The minimum Gasteiger partial charge on any atom is -0.481 e. The zero-order chi connectivity index (χ0) is 27.1. The molecule has 7 atom stereocenters. The average molecular weight is 507 g/mol. The van der Waals surface area contributed by atoms with Crippen LogP contribution in [-0.2, 0) is 23.9 Å². The Morgan fingerprint density at radius 2 is 1.56 bits per heavy atom. The fraction of sp³-hybridized carbons (Fsp3) is 0.828. The van der Waals surface area contributed by atoms with Gasteiger partial charge in [-0.15, -0.1) is 0 Å². The Kier molecular flexibility index (Phi) is 8.05. The van der Waals surface area contributed by atoms with Crippen LogP contribution in [0.3, 0.4) is 0 Å². The molecule has 3 fully saturated rings. The number of carbonyl (C=O) groups excluding carboxylic acids is 2. The summed E-state index contributed by atoms with van der Waals surface area (Å²) in [6, 6.07) is 0. The van der Waals surface area contributed by atoms with Gasteiger partial charge in [0.1, 0.15) is 12.5 Å². The van der Waals surface area contributed by atoms with Crippen LogP contribution in [0.2, 0.25) is 0 Å². The maximum atomic E-state index is 12.2. The number of esters is 2. The lowest BCUT2D eigenvalue weighted by molar-refractivity contribution is -0.231. The SMILES string of the molecule is COC(=O)/C=C(/C)CC[C@@H]1[C@@](C)(O)CCC2[C@@]3(C)CC[C@@H](OC(=O)CC(=O)O)C(C)(C)C3CC[C@]21C. The van der Waals surface area contributed by atoms with E-state index in [-0.39, 0.29) is 34.2 Å².